The summed E-state index contributed by atoms with van der Waals surface area (Å²) in [5, 5.41) is 10.6. The van der Waals surface area contributed by atoms with Crippen LogP contribution in [0.1, 0.15) is 11.1 Å². The van der Waals surface area contributed by atoms with Crippen LogP contribution in [0.2, 0.25) is 0 Å². The smallest absolute Gasteiger partial charge is 0.258 e. The van der Waals surface area contributed by atoms with Crippen LogP contribution >= 0.6 is 0 Å². The first-order chi connectivity index (χ1) is 11.5. The van der Waals surface area contributed by atoms with Gasteiger partial charge < -0.3 is 0 Å². The number of halogens is 3. The zero-order valence-corrected chi connectivity index (χ0v) is 13.7. The van der Waals surface area contributed by atoms with Crippen LogP contribution in [0.5, 0.6) is 0 Å². The van der Waals surface area contributed by atoms with Crippen molar-refractivity contribution in [1.29, 1.82) is 0 Å². The highest BCUT2D eigenvalue weighted by atomic mass is 32.2. The molecule has 134 valence electrons. The number of alkyl halides is 3. The highest BCUT2D eigenvalue weighted by Gasteiger charge is 2.30. The van der Waals surface area contributed by atoms with Crippen LogP contribution in [-0.4, -0.2) is 24.7 Å². The molecule has 0 unspecified atom stereocenters. The van der Waals surface area contributed by atoms with Crippen molar-refractivity contribution in [2.75, 3.05) is 7.05 Å². The molecule has 2 rings (SSSR count). The Morgan fingerprint density at radius 1 is 1.04 bits per heavy atom. The Morgan fingerprint density at radius 3 is 2.00 bits per heavy atom. The highest BCUT2D eigenvalue weighted by Crippen LogP contribution is 2.29. The second-order valence-corrected chi connectivity index (χ2v) is 7.25. The van der Waals surface area contributed by atoms with Crippen LogP contribution in [0.3, 0.4) is 0 Å². The molecular formula is C15H13F3N2O4S. The SMILES string of the molecule is CN(Cc1ccc(C(F)(F)F)cc1)S(=O)(=O)c1ccc([N+](=O)[O-])cc1. The minimum atomic E-state index is -4.46. The Morgan fingerprint density at radius 2 is 1.56 bits per heavy atom. The normalized spacial score (nSPS) is 12.4. The Hall–Kier alpha value is -2.46. The summed E-state index contributed by atoms with van der Waals surface area (Å²) >= 11 is 0. The van der Waals surface area contributed by atoms with Gasteiger partial charge in [-0.05, 0) is 29.8 Å². The third-order valence-electron chi connectivity index (χ3n) is 3.44. The molecule has 0 radical (unpaired) electrons. The molecule has 2 aromatic rings. The molecule has 0 fully saturated rings. The largest absolute Gasteiger partial charge is 0.416 e. The standard InChI is InChI=1S/C15H13F3N2O4S/c1-19(10-11-2-4-12(5-3-11)15(16,17)18)25(23,24)14-8-6-13(7-9-14)20(21)22/h2-9H,10H2,1H3. The second-order valence-electron chi connectivity index (χ2n) is 5.21. The number of hydrogen-bond acceptors (Lipinski definition) is 4. The van der Waals surface area contributed by atoms with Gasteiger partial charge in [0.15, 0.2) is 0 Å². The number of hydrogen-bond donors (Lipinski definition) is 0. The van der Waals surface area contributed by atoms with E-state index < -0.39 is 26.7 Å². The lowest BCUT2D eigenvalue weighted by molar-refractivity contribution is -0.384. The van der Waals surface area contributed by atoms with Gasteiger partial charge in [-0.1, -0.05) is 12.1 Å². The van der Waals surface area contributed by atoms with E-state index in [2.05, 4.69) is 0 Å². The summed E-state index contributed by atoms with van der Waals surface area (Å²) in [6, 6.07) is 8.50. The van der Waals surface area contributed by atoms with E-state index >= 15 is 0 Å². The van der Waals surface area contributed by atoms with Gasteiger partial charge in [-0.2, -0.15) is 17.5 Å². The number of nitro benzene ring substituents is 1. The van der Waals surface area contributed by atoms with Gasteiger partial charge in [0.2, 0.25) is 10.0 Å². The van der Waals surface area contributed by atoms with E-state index in [-0.39, 0.29) is 17.1 Å². The zero-order valence-electron chi connectivity index (χ0n) is 12.9. The summed E-state index contributed by atoms with van der Waals surface area (Å²) in [7, 11) is -2.66. The molecule has 0 aliphatic rings. The molecule has 0 aliphatic carbocycles. The molecule has 0 spiro atoms. The molecule has 0 saturated carbocycles. The Kier molecular flexibility index (Phi) is 5.14. The third kappa shape index (κ3) is 4.34. The molecule has 6 nitrogen and oxygen atoms in total. The highest BCUT2D eigenvalue weighted by molar-refractivity contribution is 7.89. The number of nitrogens with zero attached hydrogens (tertiary/aromatic N) is 2. The van der Waals surface area contributed by atoms with Crippen LogP contribution in [0, 0.1) is 10.1 Å². The number of benzene rings is 2. The maximum absolute atomic E-state index is 12.5. The summed E-state index contributed by atoms with van der Waals surface area (Å²) in [4.78, 5) is 9.80. The minimum Gasteiger partial charge on any atom is -0.258 e. The van der Waals surface area contributed by atoms with Crippen molar-refractivity contribution < 1.29 is 26.5 Å². The van der Waals surface area contributed by atoms with Crippen LogP contribution in [0.25, 0.3) is 0 Å². The van der Waals surface area contributed by atoms with Crippen LogP contribution in [0.15, 0.2) is 53.4 Å². The first-order valence-corrected chi connectivity index (χ1v) is 8.33. The third-order valence-corrected chi connectivity index (χ3v) is 5.26. The fourth-order valence-corrected chi connectivity index (χ4v) is 3.22. The van der Waals surface area contributed by atoms with Crippen molar-refractivity contribution in [3.63, 3.8) is 0 Å². The van der Waals surface area contributed by atoms with Gasteiger partial charge in [0.25, 0.3) is 5.69 Å². The fourth-order valence-electron chi connectivity index (χ4n) is 2.06. The minimum absolute atomic E-state index is 0.141. The number of rotatable bonds is 5. The zero-order chi connectivity index (χ0) is 18.8. The van der Waals surface area contributed by atoms with Gasteiger partial charge in [-0.15, -0.1) is 0 Å². The number of nitro groups is 1. The molecule has 0 aliphatic heterocycles. The van der Waals surface area contributed by atoms with E-state index in [1.165, 1.54) is 19.2 Å². The predicted octanol–water partition coefficient (Wildman–Crippen LogP) is 3.43. The molecule has 0 N–H and O–H groups in total. The maximum Gasteiger partial charge on any atom is 0.416 e. The first-order valence-electron chi connectivity index (χ1n) is 6.89. The molecule has 0 amide bonds. The lowest BCUT2D eigenvalue weighted by atomic mass is 10.1. The lowest BCUT2D eigenvalue weighted by Gasteiger charge is -2.17. The molecule has 2 aromatic carbocycles. The fraction of sp³-hybridized carbons (Fsp3) is 0.200. The van der Waals surface area contributed by atoms with Crippen molar-refractivity contribution in [1.82, 2.24) is 4.31 Å². The van der Waals surface area contributed by atoms with Crippen molar-refractivity contribution in [2.45, 2.75) is 17.6 Å². The first kappa shape index (κ1) is 18.9. The van der Waals surface area contributed by atoms with Crippen molar-refractivity contribution >= 4 is 15.7 Å². The van der Waals surface area contributed by atoms with Gasteiger partial charge in [0, 0.05) is 25.7 Å². The van der Waals surface area contributed by atoms with Crippen LogP contribution in [-0.2, 0) is 22.7 Å². The molecule has 25 heavy (non-hydrogen) atoms. The van der Waals surface area contributed by atoms with Crippen molar-refractivity contribution in [2.24, 2.45) is 0 Å². The monoisotopic (exact) mass is 374 g/mol. The average Bonchev–Trinajstić information content (AvgIpc) is 2.54. The topological polar surface area (TPSA) is 80.5 Å². The Balaban J connectivity index is 2.18. The van der Waals surface area contributed by atoms with E-state index in [0.29, 0.717) is 5.56 Å². The molecule has 0 saturated heterocycles. The molecule has 0 bridgehead atoms. The molecule has 0 atom stereocenters. The molecule has 10 heteroatoms. The predicted molar refractivity (Wildman–Crippen MR) is 83.2 cm³/mol. The van der Waals surface area contributed by atoms with Crippen molar-refractivity contribution in [3.8, 4) is 0 Å². The molecule has 0 aromatic heterocycles. The summed E-state index contributed by atoms with van der Waals surface area (Å²) in [6.45, 7) is -0.141. The van der Waals surface area contributed by atoms with Crippen LogP contribution < -0.4 is 0 Å². The average molecular weight is 374 g/mol. The molecular weight excluding hydrogens is 361 g/mol. The maximum atomic E-state index is 12.5. The molecule has 0 heterocycles. The van der Waals surface area contributed by atoms with Gasteiger partial charge in [0.05, 0.1) is 15.4 Å². The van der Waals surface area contributed by atoms with E-state index in [1.807, 2.05) is 0 Å². The summed E-state index contributed by atoms with van der Waals surface area (Å²) < 4.78 is 63.4. The van der Waals surface area contributed by atoms with E-state index in [4.69, 9.17) is 0 Å². The Bertz CT molecular complexity index is 863. The van der Waals surface area contributed by atoms with E-state index in [1.54, 1.807) is 0 Å². The van der Waals surface area contributed by atoms with Gasteiger partial charge in [-0.3, -0.25) is 10.1 Å². The lowest BCUT2D eigenvalue weighted by Crippen LogP contribution is -2.26. The quantitative estimate of drug-likeness (QED) is 0.593. The number of sulfonamides is 1. The number of non-ortho nitro benzene ring substituents is 1. The van der Waals surface area contributed by atoms with Crippen molar-refractivity contribution in [3.05, 3.63) is 69.8 Å². The van der Waals surface area contributed by atoms with Crippen LogP contribution in [0.4, 0.5) is 18.9 Å². The Labute approximate surface area is 141 Å². The summed E-state index contributed by atoms with van der Waals surface area (Å²) in [5.74, 6) is 0. The van der Waals surface area contributed by atoms with Gasteiger partial charge in [0.1, 0.15) is 0 Å². The van der Waals surface area contributed by atoms with E-state index in [9.17, 15) is 31.7 Å². The summed E-state index contributed by atoms with van der Waals surface area (Å²) in [6.07, 6.45) is -4.46. The van der Waals surface area contributed by atoms with Gasteiger partial charge >= 0.3 is 6.18 Å². The van der Waals surface area contributed by atoms with E-state index in [0.717, 1.165) is 40.7 Å². The van der Waals surface area contributed by atoms with Gasteiger partial charge in [-0.25, -0.2) is 8.42 Å². The second kappa shape index (κ2) is 6.81. The summed E-state index contributed by atoms with van der Waals surface area (Å²) in [5.41, 5.74) is -0.692.